The molecule has 0 bridgehead atoms. The van der Waals surface area contributed by atoms with Gasteiger partial charge >= 0.3 is 0 Å². The summed E-state index contributed by atoms with van der Waals surface area (Å²) in [6.45, 7) is 0.0530. The smallest absolute Gasteiger partial charge is 0.262 e. The standard InChI is InChI=1S/C7H4Cl2O4S.ClH/c8-4-1-5-6(13-3-12-5)2-7(4)14(9,10)11;/h1-2H,3H2;1H. The van der Waals surface area contributed by atoms with Crippen molar-refractivity contribution >= 4 is 43.7 Å². The summed E-state index contributed by atoms with van der Waals surface area (Å²) >= 11 is 5.69. The van der Waals surface area contributed by atoms with Crippen LogP contribution < -0.4 is 9.47 Å². The number of fused-ring (bicyclic) bond motifs is 1. The molecule has 2 rings (SSSR count). The molecule has 1 aromatic carbocycles. The summed E-state index contributed by atoms with van der Waals surface area (Å²) in [4.78, 5) is -0.176. The predicted molar refractivity (Wildman–Crippen MR) is 57.9 cm³/mol. The Morgan fingerprint density at radius 3 is 2.27 bits per heavy atom. The third-order valence-corrected chi connectivity index (χ3v) is 3.48. The molecule has 0 aliphatic carbocycles. The van der Waals surface area contributed by atoms with Crippen molar-refractivity contribution in [3.05, 3.63) is 17.2 Å². The van der Waals surface area contributed by atoms with Crippen molar-refractivity contribution in [1.29, 1.82) is 0 Å². The van der Waals surface area contributed by atoms with Gasteiger partial charge < -0.3 is 9.47 Å². The third kappa shape index (κ3) is 2.42. The van der Waals surface area contributed by atoms with E-state index in [0.29, 0.717) is 11.5 Å². The summed E-state index contributed by atoms with van der Waals surface area (Å²) in [6, 6.07) is 2.60. The van der Waals surface area contributed by atoms with Gasteiger partial charge in [0.25, 0.3) is 9.05 Å². The molecular weight excluding hydrogens is 286 g/mol. The van der Waals surface area contributed by atoms with E-state index in [1.807, 2.05) is 0 Å². The molecule has 0 radical (unpaired) electrons. The average Bonchev–Trinajstić information content (AvgIpc) is 2.47. The molecule has 1 aromatic rings. The summed E-state index contributed by atoms with van der Waals surface area (Å²) < 4.78 is 32.1. The summed E-state index contributed by atoms with van der Waals surface area (Å²) in [6.07, 6.45) is 0. The average molecular weight is 292 g/mol. The maximum Gasteiger partial charge on any atom is 0.262 e. The number of benzene rings is 1. The van der Waals surface area contributed by atoms with Gasteiger partial charge in [0.2, 0.25) is 6.79 Å². The number of halogens is 3. The van der Waals surface area contributed by atoms with Crippen LogP contribution in [0.15, 0.2) is 17.0 Å². The van der Waals surface area contributed by atoms with Crippen molar-refractivity contribution in [2.45, 2.75) is 4.90 Å². The van der Waals surface area contributed by atoms with Crippen molar-refractivity contribution in [3.63, 3.8) is 0 Å². The molecule has 0 N–H and O–H groups in total. The number of ether oxygens (including phenoxy) is 2. The molecule has 0 atom stereocenters. The fraction of sp³-hybridized carbons (Fsp3) is 0.143. The zero-order chi connectivity index (χ0) is 10.3. The van der Waals surface area contributed by atoms with Crippen LogP contribution in [0.5, 0.6) is 11.5 Å². The fourth-order valence-corrected chi connectivity index (χ4v) is 2.58. The Labute approximate surface area is 102 Å². The number of hydrogen-bond donors (Lipinski definition) is 0. The highest BCUT2D eigenvalue weighted by atomic mass is 35.7. The van der Waals surface area contributed by atoms with E-state index in [1.165, 1.54) is 12.1 Å². The first-order valence-corrected chi connectivity index (χ1v) is 6.21. The van der Waals surface area contributed by atoms with Crippen LogP contribution in [0.3, 0.4) is 0 Å². The fourth-order valence-electron chi connectivity index (χ4n) is 1.09. The van der Waals surface area contributed by atoms with E-state index in [-0.39, 0.29) is 29.1 Å². The lowest BCUT2D eigenvalue weighted by Gasteiger charge is -2.01. The van der Waals surface area contributed by atoms with Gasteiger partial charge in [0.05, 0.1) is 5.02 Å². The molecule has 1 heterocycles. The van der Waals surface area contributed by atoms with Gasteiger partial charge in [-0.3, -0.25) is 0 Å². The second-order valence-corrected chi connectivity index (χ2v) is 5.52. The van der Waals surface area contributed by atoms with Crippen molar-refractivity contribution in [2.75, 3.05) is 6.79 Å². The minimum Gasteiger partial charge on any atom is -0.454 e. The molecule has 0 amide bonds. The summed E-state index contributed by atoms with van der Waals surface area (Å²) in [7, 11) is 1.31. The van der Waals surface area contributed by atoms with Crippen molar-refractivity contribution < 1.29 is 17.9 Å². The van der Waals surface area contributed by atoms with Crippen LogP contribution in [0.1, 0.15) is 0 Å². The van der Waals surface area contributed by atoms with Crippen LogP contribution in [0.2, 0.25) is 5.02 Å². The topological polar surface area (TPSA) is 52.6 Å². The molecule has 8 heteroatoms. The van der Waals surface area contributed by atoms with Crippen LogP contribution in [0.4, 0.5) is 0 Å². The lowest BCUT2D eigenvalue weighted by Crippen LogP contribution is -1.93. The molecule has 4 nitrogen and oxygen atoms in total. The summed E-state index contributed by atoms with van der Waals surface area (Å²) in [5.74, 6) is 0.743. The van der Waals surface area contributed by atoms with Gasteiger partial charge in [-0.15, -0.1) is 12.4 Å². The first kappa shape index (κ1) is 12.7. The van der Waals surface area contributed by atoms with Gasteiger partial charge in [-0.25, -0.2) is 8.42 Å². The molecule has 1 aliphatic heterocycles. The molecule has 1 aliphatic rings. The second kappa shape index (κ2) is 4.25. The minimum absolute atomic E-state index is 0. The Balaban J connectivity index is 0.00000112. The molecule has 0 saturated heterocycles. The van der Waals surface area contributed by atoms with E-state index in [4.69, 9.17) is 31.8 Å². The van der Waals surface area contributed by atoms with E-state index in [2.05, 4.69) is 0 Å². The van der Waals surface area contributed by atoms with E-state index >= 15 is 0 Å². The van der Waals surface area contributed by atoms with Crippen LogP contribution in [-0.4, -0.2) is 15.2 Å². The molecule has 0 spiro atoms. The van der Waals surface area contributed by atoms with Gasteiger partial charge in [0, 0.05) is 22.8 Å². The van der Waals surface area contributed by atoms with Crippen molar-refractivity contribution in [2.24, 2.45) is 0 Å². The zero-order valence-corrected chi connectivity index (χ0v) is 10.2. The first-order valence-electron chi connectivity index (χ1n) is 3.52. The molecule has 0 saturated carbocycles. The van der Waals surface area contributed by atoms with Crippen LogP contribution in [0, 0.1) is 0 Å². The molecular formula is C7H5Cl3O4S. The summed E-state index contributed by atoms with van der Waals surface area (Å²) in [5, 5.41) is 0.0178. The van der Waals surface area contributed by atoms with E-state index < -0.39 is 9.05 Å². The quantitative estimate of drug-likeness (QED) is 0.746. The number of hydrogen-bond acceptors (Lipinski definition) is 4. The lowest BCUT2D eigenvalue weighted by molar-refractivity contribution is 0.174. The maximum atomic E-state index is 11.0. The van der Waals surface area contributed by atoms with Gasteiger partial charge in [0.15, 0.2) is 11.5 Å². The Morgan fingerprint density at radius 2 is 1.73 bits per heavy atom. The zero-order valence-electron chi connectivity index (χ0n) is 7.07. The predicted octanol–water partition coefficient (Wildman–Crippen LogP) is 2.42. The Morgan fingerprint density at radius 1 is 1.20 bits per heavy atom. The molecule has 0 unspecified atom stereocenters. The largest absolute Gasteiger partial charge is 0.454 e. The Kier molecular flexibility index (Phi) is 3.60. The monoisotopic (exact) mass is 290 g/mol. The van der Waals surface area contributed by atoms with E-state index in [9.17, 15) is 8.42 Å². The molecule has 0 aromatic heterocycles. The highest BCUT2D eigenvalue weighted by Crippen LogP contribution is 2.39. The number of rotatable bonds is 1. The van der Waals surface area contributed by atoms with Gasteiger partial charge in [-0.1, -0.05) is 11.6 Å². The molecule has 0 fully saturated rings. The van der Waals surface area contributed by atoms with E-state index in [1.54, 1.807) is 0 Å². The van der Waals surface area contributed by atoms with Crippen LogP contribution in [0.25, 0.3) is 0 Å². The van der Waals surface area contributed by atoms with Crippen molar-refractivity contribution in [3.8, 4) is 11.5 Å². The van der Waals surface area contributed by atoms with Gasteiger partial charge in [-0.2, -0.15) is 0 Å². The second-order valence-electron chi connectivity index (χ2n) is 2.57. The third-order valence-electron chi connectivity index (χ3n) is 1.69. The molecule has 84 valence electrons. The van der Waals surface area contributed by atoms with Crippen LogP contribution >= 0.6 is 34.7 Å². The van der Waals surface area contributed by atoms with Gasteiger partial charge in [0.1, 0.15) is 4.90 Å². The van der Waals surface area contributed by atoms with Gasteiger partial charge in [-0.05, 0) is 0 Å². The Hall–Kier alpha value is -0.360. The minimum atomic E-state index is -3.85. The van der Waals surface area contributed by atoms with Crippen LogP contribution in [-0.2, 0) is 9.05 Å². The van der Waals surface area contributed by atoms with Crippen molar-refractivity contribution in [1.82, 2.24) is 0 Å². The molecule has 15 heavy (non-hydrogen) atoms. The Bertz CT molecular complexity index is 485. The maximum absolute atomic E-state index is 11.0. The lowest BCUT2D eigenvalue weighted by atomic mass is 10.3. The summed E-state index contributed by atoms with van der Waals surface area (Å²) in [5.41, 5.74) is 0. The van der Waals surface area contributed by atoms with E-state index in [0.717, 1.165) is 0 Å². The normalized spacial score (nSPS) is 13.5. The SMILES string of the molecule is Cl.O=S(=O)(Cl)c1cc2c(cc1Cl)OCO2. The highest BCUT2D eigenvalue weighted by molar-refractivity contribution is 8.13. The first-order chi connectivity index (χ1) is 6.48. The highest BCUT2D eigenvalue weighted by Gasteiger charge is 2.22.